The molecule has 1 aliphatic heterocycles. The van der Waals surface area contributed by atoms with E-state index in [0.717, 1.165) is 18.9 Å². The zero-order valence-electron chi connectivity index (χ0n) is 24.1. The number of amides is 2. The lowest BCUT2D eigenvalue weighted by Crippen LogP contribution is -2.51. The van der Waals surface area contributed by atoms with Crippen LogP contribution in [-0.2, 0) is 15.8 Å². The molecule has 2 aliphatic rings. The number of nitrogens with two attached hydrogens (primary N) is 1. The van der Waals surface area contributed by atoms with Gasteiger partial charge in [0.1, 0.15) is 51.4 Å². The van der Waals surface area contributed by atoms with Gasteiger partial charge in [0.2, 0.25) is 11.5 Å². The number of aliphatic hydroxyl groups is 1. The Morgan fingerprint density at radius 3 is 2.46 bits per heavy atom. The molecule has 6 rings (SSSR count). The molecule has 1 fully saturated rings. The highest BCUT2D eigenvalue weighted by molar-refractivity contribution is 6.31. The summed E-state index contributed by atoms with van der Waals surface area (Å²) in [6.07, 6.45) is -1.89. The van der Waals surface area contributed by atoms with Crippen LogP contribution in [0.25, 0.3) is 22.2 Å². The standard InChI is InChI=1S/C30H25ClF5N5O5/c1-28(27(37)43)12-46-25-17(28)9-21(39-24(25)13-6-18(32)22(31)19(33)7-13)29(44,30(34,35)36)11-38-26(42)14-5-15-10-41(16-3-4-16)40-23(15)20(8-14)45-2/h5-10,16,44H,3-4,11-12H2,1-2H3,(H2,37,43)(H,38,42)/t28-,29?/m0/s1. The van der Waals surface area contributed by atoms with E-state index >= 15 is 0 Å². The van der Waals surface area contributed by atoms with Crippen LogP contribution >= 0.6 is 11.6 Å². The number of alkyl halides is 3. The molecular weight excluding hydrogens is 641 g/mol. The first-order valence-corrected chi connectivity index (χ1v) is 14.2. The third-order valence-electron chi connectivity index (χ3n) is 8.27. The average Bonchev–Trinajstić information content (AvgIpc) is 3.67. The smallest absolute Gasteiger partial charge is 0.424 e. The first kappa shape index (κ1) is 31.5. The van der Waals surface area contributed by atoms with E-state index in [0.29, 0.717) is 23.0 Å². The molecule has 0 saturated heterocycles. The van der Waals surface area contributed by atoms with Crippen LogP contribution in [0.1, 0.15) is 47.4 Å². The van der Waals surface area contributed by atoms with Crippen molar-refractivity contribution in [2.24, 2.45) is 5.73 Å². The van der Waals surface area contributed by atoms with Crippen molar-refractivity contribution >= 4 is 34.3 Å². The maximum absolute atomic E-state index is 14.7. The third-order valence-corrected chi connectivity index (χ3v) is 8.63. The molecule has 3 heterocycles. The van der Waals surface area contributed by atoms with Crippen molar-refractivity contribution in [2.75, 3.05) is 20.3 Å². The van der Waals surface area contributed by atoms with Gasteiger partial charge in [0.15, 0.2) is 0 Å². The molecule has 10 nitrogen and oxygen atoms in total. The Balaban J connectivity index is 1.42. The maximum atomic E-state index is 14.7. The van der Waals surface area contributed by atoms with Crippen LogP contribution in [0.4, 0.5) is 22.0 Å². The van der Waals surface area contributed by atoms with Gasteiger partial charge in [-0.1, -0.05) is 11.6 Å². The summed E-state index contributed by atoms with van der Waals surface area (Å²) in [5, 5.41) is 17.5. The van der Waals surface area contributed by atoms with Crippen LogP contribution in [0.2, 0.25) is 5.02 Å². The number of primary amides is 1. The Bertz CT molecular complexity index is 1910. The molecule has 0 bridgehead atoms. The van der Waals surface area contributed by atoms with E-state index in [9.17, 15) is 36.6 Å². The molecule has 46 heavy (non-hydrogen) atoms. The largest absolute Gasteiger partial charge is 0.494 e. The molecule has 242 valence electrons. The number of rotatable bonds is 8. The number of ether oxygens (including phenoxy) is 2. The van der Waals surface area contributed by atoms with Gasteiger partial charge in [0.05, 0.1) is 25.4 Å². The van der Waals surface area contributed by atoms with Gasteiger partial charge in [-0.15, -0.1) is 0 Å². The summed E-state index contributed by atoms with van der Waals surface area (Å²) in [7, 11) is 1.36. The van der Waals surface area contributed by atoms with Crippen molar-refractivity contribution < 1.29 is 46.1 Å². The lowest BCUT2D eigenvalue weighted by Gasteiger charge is -2.31. The topological polar surface area (TPSA) is 142 Å². The maximum Gasteiger partial charge on any atom is 0.424 e. The van der Waals surface area contributed by atoms with E-state index in [1.807, 2.05) is 0 Å². The number of methoxy groups -OCH3 is 1. The number of hydrogen-bond acceptors (Lipinski definition) is 7. The van der Waals surface area contributed by atoms with E-state index in [1.54, 1.807) is 10.9 Å². The molecule has 0 radical (unpaired) electrons. The quantitative estimate of drug-likeness (QED) is 0.183. The van der Waals surface area contributed by atoms with Crippen LogP contribution in [0, 0.1) is 11.6 Å². The van der Waals surface area contributed by atoms with E-state index < -0.39 is 75.8 Å². The highest BCUT2D eigenvalue weighted by atomic mass is 35.5. The fourth-order valence-corrected chi connectivity index (χ4v) is 5.38. The second kappa shape index (κ2) is 10.8. The van der Waals surface area contributed by atoms with E-state index in [-0.39, 0.29) is 28.7 Å². The first-order valence-electron chi connectivity index (χ1n) is 13.8. The lowest BCUT2D eigenvalue weighted by molar-refractivity contribution is -0.265. The van der Waals surface area contributed by atoms with Crippen molar-refractivity contribution in [3.05, 3.63) is 70.0 Å². The predicted octanol–water partition coefficient (Wildman–Crippen LogP) is 4.69. The number of hydrogen-bond donors (Lipinski definition) is 3. The molecule has 1 aliphatic carbocycles. The number of fused-ring (bicyclic) bond motifs is 2. The normalized spacial score (nSPS) is 19.0. The molecule has 2 aromatic heterocycles. The Morgan fingerprint density at radius 1 is 1.20 bits per heavy atom. The summed E-state index contributed by atoms with van der Waals surface area (Å²) in [5.74, 6) is -4.53. The second-order valence-corrected chi connectivity index (χ2v) is 11.8. The summed E-state index contributed by atoms with van der Waals surface area (Å²) in [4.78, 5) is 29.6. The fraction of sp³-hybridized carbons (Fsp3) is 0.333. The van der Waals surface area contributed by atoms with Crippen LogP contribution in [-0.4, -0.2) is 58.1 Å². The molecule has 1 saturated carbocycles. The summed E-state index contributed by atoms with van der Waals surface area (Å²) in [6, 6.07) is 5.15. The molecular formula is C30H25ClF5N5O5. The summed E-state index contributed by atoms with van der Waals surface area (Å²) in [5.41, 5.74) is -1.87. The first-order chi connectivity index (χ1) is 21.6. The zero-order chi connectivity index (χ0) is 33.3. The Labute approximate surface area is 262 Å². The summed E-state index contributed by atoms with van der Waals surface area (Å²) < 4.78 is 85.8. The van der Waals surface area contributed by atoms with Gasteiger partial charge < -0.3 is 25.6 Å². The van der Waals surface area contributed by atoms with Gasteiger partial charge in [0.25, 0.3) is 5.91 Å². The van der Waals surface area contributed by atoms with Crippen LogP contribution in [0.5, 0.6) is 11.5 Å². The minimum Gasteiger partial charge on any atom is -0.494 e. The second-order valence-electron chi connectivity index (χ2n) is 11.5. The summed E-state index contributed by atoms with van der Waals surface area (Å²) in [6.45, 7) is -0.585. The van der Waals surface area contributed by atoms with Crippen LogP contribution < -0.4 is 20.5 Å². The fourth-order valence-electron chi connectivity index (χ4n) is 5.27. The van der Waals surface area contributed by atoms with Crippen molar-refractivity contribution in [2.45, 2.75) is 43.0 Å². The number of aromatic nitrogens is 3. The highest BCUT2D eigenvalue weighted by Gasteiger charge is 2.57. The minimum absolute atomic E-state index is 0.0753. The predicted molar refractivity (Wildman–Crippen MR) is 153 cm³/mol. The zero-order valence-corrected chi connectivity index (χ0v) is 24.9. The highest BCUT2D eigenvalue weighted by Crippen LogP contribution is 2.48. The number of nitrogens with zero attached hydrogens (tertiary/aromatic N) is 3. The Morgan fingerprint density at radius 2 is 1.87 bits per heavy atom. The SMILES string of the molecule is COc1cc(C(=O)NCC(O)(c2cc3c(c(-c4cc(F)c(Cl)c(F)c4)n2)OC[C@]3(C)C(N)=O)C(F)(F)F)cc2cn(C3CC3)nc12. The van der Waals surface area contributed by atoms with Gasteiger partial charge in [-0.3, -0.25) is 14.3 Å². The molecule has 2 aromatic carbocycles. The molecule has 2 amide bonds. The number of halogens is 6. The van der Waals surface area contributed by atoms with Gasteiger partial charge in [0, 0.05) is 28.3 Å². The van der Waals surface area contributed by atoms with E-state index in [4.69, 9.17) is 26.8 Å². The monoisotopic (exact) mass is 665 g/mol. The number of carbonyl (C=O) groups excluding carboxylic acids is 2. The van der Waals surface area contributed by atoms with Crippen molar-refractivity contribution in [1.82, 2.24) is 20.1 Å². The van der Waals surface area contributed by atoms with Crippen LogP contribution in [0.3, 0.4) is 0 Å². The number of pyridine rings is 1. The van der Waals surface area contributed by atoms with Crippen molar-refractivity contribution in [3.8, 4) is 22.8 Å². The minimum atomic E-state index is -5.47. The molecule has 0 spiro atoms. The Hall–Kier alpha value is -4.50. The number of carbonyl (C=O) groups is 2. The summed E-state index contributed by atoms with van der Waals surface area (Å²) >= 11 is 5.59. The van der Waals surface area contributed by atoms with E-state index in [1.165, 1.54) is 26.2 Å². The average molecular weight is 666 g/mol. The van der Waals surface area contributed by atoms with Crippen molar-refractivity contribution in [3.63, 3.8) is 0 Å². The third kappa shape index (κ3) is 5.07. The molecule has 4 aromatic rings. The molecule has 16 heteroatoms. The van der Waals surface area contributed by atoms with Gasteiger partial charge in [-0.05, 0) is 50.1 Å². The van der Waals surface area contributed by atoms with Gasteiger partial charge in [-0.2, -0.15) is 18.3 Å². The number of benzene rings is 2. The van der Waals surface area contributed by atoms with Gasteiger partial charge >= 0.3 is 6.18 Å². The van der Waals surface area contributed by atoms with Crippen molar-refractivity contribution in [1.29, 1.82) is 0 Å². The van der Waals surface area contributed by atoms with Crippen LogP contribution in [0.15, 0.2) is 36.5 Å². The van der Waals surface area contributed by atoms with E-state index in [2.05, 4.69) is 15.4 Å². The molecule has 4 N–H and O–H groups in total. The molecule has 1 unspecified atom stereocenters. The number of nitrogens with one attached hydrogen (secondary N) is 1. The Kier molecular flexibility index (Phi) is 7.39. The lowest BCUT2D eigenvalue weighted by atomic mass is 9.81. The van der Waals surface area contributed by atoms with Gasteiger partial charge in [-0.25, -0.2) is 13.8 Å². The molecule has 2 atom stereocenters.